The highest BCUT2D eigenvalue weighted by atomic mass is 16.5. The third-order valence-electron chi connectivity index (χ3n) is 4.00. The topological polar surface area (TPSA) is 86.1 Å². The number of nitrogens with one attached hydrogen (secondary N) is 1. The second-order valence-corrected chi connectivity index (χ2v) is 5.71. The molecule has 3 aromatic rings. The van der Waals surface area contributed by atoms with E-state index >= 15 is 0 Å². The van der Waals surface area contributed by atoms with Crippen molar-refractivity contribution in [3.63, 3.8) is 0 Å². The number of nitrogens with zero attached hydrogens (tertiary/aromatic N) is 3. The molecule has 1 saturated heterocycles. The van der Waals surface area contributed by atoms with Crippen molar-refractivity contribution in [1.29, 1.82) is 0 Å². The van der Waals surface area contributed by atoms with Gasteiger partial charge in [0.15, 0.2) is 0 Å². The second kappa shape index (κ2) is 6.47. The zero-order chi connectivity index (χ0) is 15.5. The molecule has 0 aliphatic carbocycles. The summed E-state index contributed by atoms with van der Waals surface area (Å²) in [5, 5.41) is 5.02. The molecule has 1 atom stereocenters. The molecule has 1 N–H and O–H groups in total. The molecule has 0 bridgehead atoms. The van der Waals surface area contributed by atoms with Crippen LogP contribution in [0.3, 0.4) is 0 Å². The molecule has 0 radical (unpaired) electrons. The number of H-pyrrole nitrogens is 1. The molecular formula is C16H18N4O3. The molecule has 0 spiro atoms. The van der Waals surface area contributed by atoms with E-state index in [9.17, 15) is 0 Å². The number of hydrogen-bond acceptors (Lipinski definition) is 6. The van der Waals surface area contributed by atoms with Gasteiger partial charge in [-0.15, -0.1) is 0 Å². The molecule has 0 aromatic carbocycles. The summed E-state index contributed by atoms with van der Waals surface area (Å²) < 4.78 is 16.4. The van der Waals surface area contributed by atoms with Crippen LogP contribution in [0.1, 0.15) is 18.7 Å². The van der Waals surface area contributed by atoms with Crippen molar-refractivity contribution in [2.75, 3.05) is 19.8 Å². The van der Waals surface area contributed by atoms with Gasteiger partial charge in [0.2, 0.25) is 5.82 Å². The number of ether oxygens (including phenoxy) is 2. The van der Waals surface area contributed by atoms with Crippen LogP contribution in [-0.4, -0.2) is 39.9 Å². The molecule has 1 unspecified atom stereocenters. The Labute approximate surface area is 133 Å². The van der Waals surface area contributed by atoms with Crippen molar-refractivity contribution in [3.8, 4) is 11.4 Å². The molecular weight excluding hydrogens is 296 g/mol. The zero-order valence-electron chi connectivity index (χ0n) is 12.7. The van der Waals surface area contributed by atoms with Crippen LogP contribution in [0.15, 0.2) is 29.0 Å². The summed E-state index contributed by atoms with van der Waals surface area (Å²) >= 11 is 0. The zero-order valence-corrected chi connectivity index (χ0v) is 12.7. The summed E-state index contributed by atoms with van der Waals surface area (Å²) in [5.74, 6) is 1.50. The molecule has 1 aliphatic rings. The first-order chi connectivity index (χ1) is 11.4. The molecule has 4 rings (SSSR count). The summed E-state index contributed by atoms with van der Waals surface area (Å²) in [6.45, 7) is 2.63. The summed E-state index contributed by atoms with van der Waals surface area (Å²) in [6, 6.07) is 3.83. The van der Waals surface area contributed by atoms with Crippen molar-refractivity contribution >= 4 is 11.0 Å². The molecule has 23 heavy (non-hydrogen) atoms. The second-order valence-electron chi connectivity index (χ2n) is 5.71. The van der Waals surface area contributed by atoms with Crippen molar-refractivity contribution < 1.29 is 14.0 Å². The SMILES string of the molecule is c1cc(-c2noc(COCC3CCCOC3)n2)c2cc[nH]c2n1. The van der Waals surface area contributed by atoms with Crippen molar-refractivity contribution in [2.45, 2.75) is 19.4 Å². The van der Waals surface area contributed by atoms with Crippen LogP contribution in [0.4, 0.5) is 0 Å². The smallest absolute Gasteiger partial charge is 0.252 e. The largest absolute Gasteiger partial charge is 0.381 e. The average Bonchev–Trinajstić information content (AvgIpc) is 3.24. The van der Waals surface area contributed by atoms with Gasteiger partial charge in [-0.3, -0.25) is 0 Å². The van der Waals surface area contributed by atoms with E-state index in [-0.39, 0.29) is 0 Å². The summed E-state index contributed by atoms with van der Waals surface area (Å²) in [6.07, 6.45) is 5.83. The van der Waals surface area contributed by atoms with Gasteiger partial charge in [-0.25, -0.2) is 4.98 Å². The van der Waals surface area contributed by atoms with E-state index in [1.165, 1.54) is 0 Å². The minimum absolute atomic E-state index is 0.324. The van der Waals surface area contributed by atoms with Crippen LogP contribution in [0, 0.1) is 5.92 Å². The standard InChI is InChI=1S/C16H18N4O3/c1-2-11(8-21-7-1)9-22-10-14-19-16(20-23-14)13-4-6-18-15-12(13)3-5-17-15/h3-6,11H,1-2,7-10H2,(H,17,18). The van der Waals surface area contributed by atoms with E-state index in [0.717, 1.165) is 42.7 Å². The first-order valence-electron chi connectivity index (χ1n) is 7.81. The minimum atomic E-state index is 0.324. The Morgan fingerprint density at radius 1 is 1.35 bits per heavy atom. The Kier molecular flexibility index (Phi) is 4.04. The van der Waals surface area contributed by atoms with Crippen molar-refractivity contribution in [2.24, 2.45) is 5.92 Å². The third-order valence-corrected chi connectivity index (χ3v) is 4.00. The van der Waals surface area contributed by atoms with Gasteiger partial charge >= 0.3 is 0 Å². The van der Waals surface area contributed by atoms with Gasteiger partial charge in [-0.2, -0.15) is 4.98 Å². The van der Waals surface area contributed by atoms with E-state index in [2.05, 4.69) is 20.1 Å². The number of pyridine rings is 1. The van der Waals surface area contributed by atoms with Crippen LogP contribution in [0.2, 0.25) is 0 Å². The van der Waals surface area contributed by atoms with Crippen LogP contribution < -0.4 is 0 Å². The molecule has 1 aliphatic heterocycles. The highest BCUT2D eigenvalue weighted by Crippen LogP contribution is 2.24. The van der Waals surface area contributed by atoms with Gasteiger partial charge in [-0.1, -0.05) is 5.16 Å². The first kappa shape index (κ1) is 14.3. The molecule has 3 aromatic heterocycles. The van der Waals surface area contributed by atoms with Crippen molar-refractivity contribution in [1.82, 2.24) is 20.1 Å². The summed E-state index contributed by atoms with van der Waals surface area (Å²) in [7, 11) is 0. The lowest BCUT2D eigenvalue weighted by Crippen LogP contribution is -2.21. The molecule has 7 nitrogen and oxygen atoms in total. The lowest BCUT2D eigenvalue weighted by atomic mass is 10.0. The third kappa shape index (κ3) is 3.11. The van der Waals surface area contributed by atoms with Crippen LogP contribution in [-0.2, 0) is 16.1 Å². The molecule has 1 fully saturated rings. The molecule has 7 heteroatoms. The van der Waals surface area contributed by atoms with Gasteiger partial charge in [-0.05, 0) is 25.0 Å². The van der Waals surface area contributed by atoms with Crippen molar-refractivity contribution in [3.05, 3.63) is 30.4 Å². The maximum absolute atomic E-state index is 5.69. The highest BCUT2D eigenvalue weighted by molar-refractivity contribution is 5.90. The van der Waals surface area contributed by atoms with Crippen LogP contribution in [0.5, 0.6) is 0 Å². The van der Waals surface area contributed by atoms with Crippen LogP contribution >= 0.6 is 0 Å². The van der Waals surface area contributed by atoms with Gasteiger partial charge in [0.1, 0.15) is 12.3 Å². The lowest BCUT2D eigenvalue weighted by Gasteiger charge is -2.21. The maximum atomic E-state index is 5.69. The van der Waals surface area contributed by atoms with E-state index in [1.54, 1.807) is 6.20 Å². The number of rotatable bonds is 5. The fourth-order valence-electron chi connectivity index (χ4n) is 2.83. The molecule has 0 amide bonds. The van der Waals surface area contributed by atoms with Gasteiger partial charge in [0, 0.05) is 35.9 Å². The van der Waals surface area contributed by atoms with E-state index in [4.69, 9.17) is 14.0 Å². The van der Waals surface area contributed by atoms with Gasteiger partial charge in [0.25, 0.3) is 5.89 Å². The van der Waals surface area contributed by atoms with E-state index in [0.29, 0.717) is 30.8 Å². The Bertz CT molecular complexity index is 776. The fourth-order valence-corrected chi connectivity index (χ4v) is 2.83. The number of aromatic nitrogens is 4. The minimum Gasteiger partial charge on any atom is -0.381 e. The molecule has 4 heterocycles. The normalized spacial score (nSPS) is 18.5. The van der Waals surface area contributed by atoms with Gasteiger partial charge < -0.3 is 19.0 Å². The number of fused-ring (bicyclic) bond motifs is 1. The monoisotopic (exact) mass is 314 g/mol. The molecule has 0 saturated carbocycles. The van der Waals surface area contributed by atoms with E-state index in [1.807, 2.05) is 18.3 Å². The maximum Gasteiger partial charge on any atom is 0.252 e. The first-order valence-corrected chi connectivity index (χ1v) is 7.81. The highest BCUT2D eigenvalue weighted by Gasteiger charge is 2.16. The number of hydrogen-bond donors (Lipinski definition) is 1. The fraction of sp³-hybridized carbons (Fsp3) is 0.438. The summed E-state index contributed by atoms with van der Waals surface area (Å²) in [5.41, 5.74) is 1.70. The number of aromatic amines is 1. The lowest BCUT2D eigenvalue weighted by molar-refractivity contribution is -0.00412. The average molecular weight is 314 g/mol. The summed E-state index contributed by atoms with van der Waals surface area (Å²) in [4.78, 5) is 11.7. The van der Waals surface area contributed by atoms with Crippen LogP contribution in [0.25, 0.3) is 22.4 Å². The Morgan fingerprint density at radius 3 is 3.26 bits per heavy atom. The quantitative estimate of drug-likeness (QED) is 0.779. The predicted molar refractivity (Wildman–Crippen MR) is 82.6 cm³/mol. The Balaban J connectivity index is 1.41. The molecule has 120 valence electrons. The van der Waals surface area contributed by atoms with E-state index < -0.39 is 0 Å². The predicted octanol–water partition coefficient (Wildman–Crippen LogP) is 2.56. The van der Waals surface area contributed by atoms with Gasteiger partial charge in [0.05, 0.1) is 13.2 Å². The Hall–Kier alpha value is -2.25. The Morgan fingerprint density at radius 2 is 2.35 bits per heavy atom.